The Morgan fingerprint density at radius 3 is 2.61 bits per heavy atom. The molecule has 0 unspecified atom stereocenters. The fourth-order valence-corrected chi connectivity index (χ4v) is 4.17. The Morgan fingerprint density at radius 1 is 1.04 bits per heavy atom. The monoisotopic (exact) mass is 307 g/mol. The lowest BCUT2D eigenvalue weighted by Gasteiger charge is -2.37. The Hall–Kier alpha value is -1.93. The van der Waals surface area contributed by atoms with Crippen LogP contribution >= 0.6 is 0 Å². The first-order chi connectivity index (χ1) is 11.4. The van der Waals surface area contributed by atoms with Crippen molar-refractivity contribution >= 4 is 6.08 Å². The minimum Gasteiger partial charge on any atom is -0.295 e. The van der Waals surface area contributed by atoms with Crippen LogP contribution in [0.3, 0.4) is 0 Å². The second-order valence-electron chi connectivity index (χ2n) is 6.56. The van der Waals surface area contributed by atoms with E-state index in [9.17, 15) is 4.39 Å². The molecule has 0 radical (unpaired) electrons. The zero-order chi connectivity index (χ0) is 15.6. The van der Waals surface area contributed by atoms with Gasteiger partial charge in [-0.1, -0.05) is 60.7 Å². The van der Waals surface area contributed by atoms with Gasteiger partial charge in [0.25, 0.3) is 0 Å². The summed E-state index contributed by atoms with van der Waals surface area (Å²) in [5.74, 6) is 0.444. The molecule has 0 spiro atoms. The van der Waals surface area contributed by atoms with Crippen molar-refractivity contribution in [2.24, 2.45) is 0 Å². The maximum Gasteiger partial charge on any atom is 0.108 e. The maximum atomic E-state index is 12.2. The van der Waals surface area contributed by atoms with E-state index >= 15 is 0 Å². The molecular formula is C21H22FN. The predicted octanol–water partition coefficient (Wildman–Crippen LogP) is 4.95. The number of hydrogen-bond acceptors (Lipinski definition) is 1. The van der Waals surface area contributed by atoms with Gasteiger partial charge in [0.15, 0.2) is 0 Å². The van der Waals surface area contributed by atoms with E-state index in [1.165, 1.54) is 36.1 Å². The summed E-state index contributed by atoms with van der Waals surface area (Å²) >= 11 is 0. The summed E-state index contributed by atoms with van der Waals surface area (Å²) in [7, 11) is 0. The molecule has 0 saturated carbocycles. The summed E-state index contributed by atoms with van der Waals surface area (Å²) in [4.78, 5) is 2.64. The largest absolute Gasteiger partial charge is 0.295 e. The summed E-state index contributed by atoms with van der Waals surface area (Å²) in [5, 5.41) is 0. The third kappa shape index (κ3) is 2.72. The Morgan fingerprint density at radius 2 is 1.83 bits per heavy atom. The van der Waals surface area contributed by atoms with Crippen LogP contribution in [0.4, 0.5) is 4.39 Å². The summed E-state index contributed by atoms with van der Waals surface area (Å²) in [6.45, 7) is 1.92. The molecule has 4 rings (SSSR count). The van der Waals surface area contributed by atoms with E-state index in [0.29, 0.717) is 12.0 Å². The topological polar surface area (TPSA) is 3.24 Å². The molecule has 0 aromatic heterocycles. The molecular weight excluding hydrogens is 285 g/mol. The molecule has 2 aliphatic heterocycles. The van der Waals surface area contributed by atoms with E-state index in [1.54, 1.807) is 6.08 Å². The van der Waals surface area contributed by atoms with Crippen molar-refractivity contribution in [3.05, 3.63) is 76.9 Å². The standard InChI is InChI=1S/C21H22FN/c22-13-3-5-16-9-11-17(12-10-16)20-15-23-14-4-8-21(23)19-7-2-1-6-18(19)20/h1-3,5-7,9-12,20-21H,4,8,13-15H2/t20-,21+/m0/s1. The Balaban J connectivity index is 1.68. The minimum absolute atomic E-state index is 0.409. The first-order valence-electron chi connectivity index (χ1n) is 8.52. The lowest BCUT2D eigenvalue weighted by atomic mass is 9.81. The van der Waals surface area contributed by atoms with Gasteiger partial charge < -0.3 is 0 Å². The normalized spacial score (nSPS) is 23.9. The van der Waals surface area contributed by atoms with Crippen LogP contribution in [-0.2, 0) is 0 Å². The van der Waals surface area contributed by atoms with Crippen LogP contribution in [0.15, 0.2) is 54.6 Å². The van der Waals surface area contributed by atoms with Gasteiger partial charge in [-0.2, -0.15) is 0 Å². The molecule has 2 aromatic rings. The SMILES string of the molecule is FCC=Cc1ccc([C@@H]2CN3CCC[C@@H]3c3ccccc32)cc1. The molecule has 2 aliphatic rings. The fourth-order valence-electron chi connectivity index (χ4n) is 4.17. The third-order valence-corrected chi connectivity index (χ3v) is 5.25. The number of nitrogens with zero attached hydrogens (tertiary/aromatic N) is 1. The number of rotatable bonds is 3. The molecule has 1 saturated heterocycles. The van der Waals surface area contributed by atoms with Crippen LogP contribution in [-0.4, -0.2) is 24.7 Å². The van der Waals surface area contributed by atoms with Crippen molar-refractivity contribution in [3.8, 4) is 0 Å². The molecule has 118 valence electrons. The van der Waals surface area contributed by atoms with Gasteiger partial charge in [-0.3, -0.25) is 4.90 Å². The van der Waals surface area contributed by atoms with Crippen LogP contribution in [0.5, 0.6) is 0 Å². The second-order valence-corrected chi connectivity index (χ2v) is 6.56. The lowest BCUT2D eigenvalue weighted by Crippen LogP contribution is -2.34. The molecule has 2 heterocycles. The van der Waals surface area contributed by atoms with Gasteiger partial charge in [-0.05, 0) is 41.6 Å². The number of alkyl halides is 1. The van der Waals surface area contributed by atoms with Crippen molar-refractivity contribution < 1.29 is 4.39 Å². The number of halogens is 1. The van der Waals surface area contributed by atoms with Crippen LogP contribution < -0.4 is 0 Å². The molecule has 23 heavy (non-hydrogen) atoms. The lowest BCUT2D eigenvalue weighted by molar-refractivity contribution is 0.230. The second kappa shape index (κ2) is 6.29. The summed E-state index contributed by atoms with van der Waals surface area (Å²) in [5.41, 5.74) is 5.43. The number of hydrogen-bond donors (Lipinski definition) is 0. The maximum absolute atomic E-state index is 12.2. The van der Waals surface area contributed by atoms with Crippen molar-refractivity contribution in [3.63, 3.8) is 0 Å². The summed E-state index contributed by atoms with van der Waals surface area (Å²) in [6, 6.07) is 18.2. The number of benzene rings is 2. The highest BCUT2D eigenvalue weighted by Gasteiger charge is 2.35. The van der Waals surface area contributed by atoms with Gasteiger partial charge in [-0.15, -0.1) is 0 Å². The molecule has 0 N–H and O–H groups in total. The molecule has 0 bridgehead atoms. The van der Waals surface area contributed by atoms with E-state index in [0.717, 1.165) is 12.1 Å². The van der Waals surface area contributed by atoms with E-state index in [4.69, 9.17) is 0 Å². The molecule has 2 atom stereocenters. The third-order valence-electron chi connectivity index (χ3n) is 5.25. The first kappa shape index (κ1) is 14.6. The Kier molecular flexibility index (Phi) is 4.00. The summed E-state index contributed by atoms with van der Waals surface area (Å²) < 4.78 is 12.2. The average Bonchev–Trinajstić information content (AvgIpc) is 3.08. The van der Waals surface area contributed by atoms with Gasteiger partial charge in [0.1, 0.15) is 6.67 Å². The minimum atomic E-state index is -0.409. The molecule has 2 heteroatoms. The highest BCUT2D eigenvalue weighted by atomic mass is 19.1. The highest BCUT2D eigenvalue weighted by molar-refractivity contribution is 5.51. The Bertz CT molecular complexity index is 704. The van der Waals surface area contributed by atoms with Crippen LogP contribution in [0.1, 0.15) is 47.1 Å². The first-order valence-corrected chi connectivity index (χ1v) is 8.52. The molecule has 1 nitrogen and oxygen atoms in total. The molecule has 1 fully saturated rings. The van der Waals surface area contributed by atoms with Gasteiger partial charge in [-0.25, -0.2) is 4.39 Å². The molecule has 0 aliphatic carbocycles. The predicted molar refractivity (Wildman–Crippen MR) is 93.3 cm³/mol. The van der Waals surface area contributed by atoms with Crippen molar-refractivity contribution in [1.29, 1.82) is 0 Å². The number of fused-ring (bicyclic) bond motifs is 3. The van der Waals surface area contributed by atoms with Crippen LogP contribution in [0.25, 0.3) is 6.08 Å². The van der Waals surface area contributed by atoms with E-state index in [1.807, 2.05) is 6.08 Å². The quantitative estimate of drug-likeness (QED) is 0.775. The van der Waals surface area contributed by atoms with Crippen molar-refractivity contribution in [1.82, 2.24) is 4.90 Å². The molecule has 2 aromatic carbocycles. The number of allylic oxidation sites excluding steroid dienone is 1. The van der Waals surface area contributed by atoms with Gasteiger partial charge >= 0.3 is 0 Å². The van der Waals surface area contributed by atoms with Crippen molar-refractivity contribution in [2.75, 3.05) is 19.8 Å². The Labute approximate surface area is 137 Å². The van der Waals surface area contributed by atoms with E-state index in [-0.39, 0.29) is 0 Å². The van der Waals surface area contributed by atoms with Gasteiger partial charge in [0.2, 0.25) is 0 Å². The summed E-state index contributed by atoms with van der Waals surface area (Å²) in [6.07, 6.45) is 5.99. The smallest absolute Gasteiger partial charge is 0.108 e. The zero-order valence-electron chi connectivity index (χ0n) is 13.3. The fraction of sp³-hybridized carbons (Fsp3) is 0.333. The van der Waals surface area contributed by atoms with E-state index in [2.05, 4.69) is 53.4 Å². The van der Waals surface area contributed by atoms with Crippen molar-refractivity contribution in [2.45, 2.75) is 24.8 Å². The van der Waals surface area contributed by atoms with Crippen LogP contribution in [0, 0.1) is 0 Å². The van der Waals surface area contributed by atoms with Gasteiger partial charge in [0.05, 0.1) is 0 Å². The van der Waals surface area contributed by atoms with Gasteiger partial charge in [0, 0.05) is 18.5 Å². The zero-order valence-corrected chi connectivity index (χ0v) is 13.3. The average molecular weight is 307 g/mol. The van der Waals surface area contributed by atoms with E-state index < -0.39 is 6.67 Å². The van der Waals surface area contributed by atoms with Crippen LogP contribution in [0.2, 0.25) is 0 Å². The highest BCUT2D eigenvalue weighted by Crippen LogP contribution is 2.43. The molecule has 0 amide bonds.